The molecule has 3 rings (SSSR count). The first-order valence-electron chi connectivity index (χ1n) is 10.4. The van der Waals surface area contributed by atoms with E-state index in [1.807, 2.05) is 0 Å². The molecule has 2 aliphatic rings. The molecule has 0 amide bonds. The monoisotopic (exact) mass is 509 g/mol. The predicted octanol–water partition coefficient (Wildman–Crippen LogP) is -1.58. The van der Waals surface area contributed by atoms with Gasteiger partial charge in [0.15, 0.2) is 6.23 Å². The molecule has 1 N–H and O–H groups in total. The molecule has 1 saturated heterocycles. The van der Waals surface area contributed by atoms with Crippen LogP contribution in [0.5, 0.6) is 0 Å². The van der Waals surface area contributed by atoms with E-state index >= 15 is 0 Å². The molecule has 1 saturated carbocycles. The summed E-state index contributed by atoms with van der Waals surface area (Å²) in [6.07, 6.45) is -3.74. The second kappa shape index (κ2) is 9.85. The van der Waals surface area contributed by atoms with Crippen molar-refractivity contribution in [1.29, 1.82) is 0 Å². The Kier molecular flexibility index (Phi) is 7.90. The van der Waals surface area contributed by atoms with Crippen molar-refractivity contribution in [3.05, 3.63) is 32.6 Å². The molecule has 1 aliphatic carbocycles. The Hall–Kier alpha value is -1.14. The predicted molar refractivity (Wildman–Crippen MR) is 109 cm³/mol. The largest absolute Gasteiger partial charge is 0.811 e. The molecule has 0 radical (unpaired) electrons. The number of ether oxygens (including phenoxy) is 3. The highest BCUT2D eigenvalue weighted by Crippen LogP contribution is 2.59. The molecule has 0 bridgehead atoms. The summed E-state index contributed by atoms with van der Waals surface area (Å²) in [5.41, 5.74) is -3.42. The number of hydrogen-bond acceptors (Lipinski definition) is 11. The number of aryl methyl sites for hydroxylation is 1. The number of H-pyrrole nitrogens is 1. The van der Waals surface area contributed by atoms with Gasteiger partial charge in [-0.1, -0.05) is 21.4 Å². The van der Waals surface area contributed by atoms with E-state index in [0.29, 0.717) is 0 Å². The lowest BCUT2D eigenvalue weighted by atomic mass is 10.1. The quantitative estimate of drug-likeness (QED) is 0.282. The maximum atomic E-state index is 12.6. The number of nitrogens with one attached hydrogen (secondary N) is 1. The third-order valence-electron chi connectivity index (χ3n) is 5.78. The minimum atomic E-state index is -4.95. The minimum absolute atomic E-state index is 0.0226. The van der Waals surface area contributed by atoms with Gasteiger partial charge in [0, 0.05) is 24.5 Å². The fourth-order valence-corrected chi connectivity index (χ4v) is 5.74. The van der Waals surface area contributed by atoms with Crippen molar-refractivity contribution in [2.45, 2.75) is 63.0 Å². The van der Waals surface area contributed by atoms with E-state index in [1.54, 1.807) is 0 Å². The summed E-state index contributed by atoms with van der Waals surface area (Å²) >= 11 is 0. The minimum Gasteiger partial charge on any atom is -0.811 e. The zero-order chi connectivity index (χ0) is 24.7. The SMILES string of the molecule is COCCOC1C(OP(=O)([O-])C(C)C)C(C2CC2P(=O)([O-])[O-])OC1n1cc(C)c(=O)[nH]c1=O. The topological polar surface area (TPSA) is 195 Å². The molecular weight excluding hydrogens is 482 g/mol. The highest BCUT2D eigenvalue weighted by atomic mass is 31.2. The zero-order valence-corrected chi connectivity index (χ0v) is 20.4. The average Bonchev–Trinajstić information content (AvgIpc) is 3.44. The lowest BCUT2D eigenvalue weighted by Gasteiger charge is -2.35. The van der Waals surface area contributed by atoms with Crippen LogP contribution in [-0.2, 0) is 27.9 Å². The molecule has 1 aliphatic heterocycles. The number of aromatic nitrogens is 2. The van der Waals surface area contributed by atoms with Crippen molar-refractivity contribution in [3.8, 4) is 0 Å². The number of rotatable bonds is 10. The van der Waals surface area contributed by atoms with Crippen molar-refractivity contribution in [2.75, 3.05) is 20.3 Å². The van der Waals surface area contributed by atoms with Crippen LogP contribution in [0.25, 0.3) is 0 Å². The summed E-state index contributed by atoms with van der Waals surface area (Å²) in [5.74, 6) is -0.832. The first kappa shape index (κ1) is 26.5. The van der Waals surface area contributed by atoms with E-state index in [0.717, 1.165) is 4.57 Å². The Morgan fingerprint density at radius 1 is 1.21 bits per heavy atom. The molecule has 15 heteroatoms. The molecule has 2 fully saturated rings. The van der Waals surface area contributed by atoms with Crippen LogP contribution in [-0.4, -0.2) is 59.5 Å². The maximum absolute atomic E-state index is 12.6. The molecule has 0 spiro atoms. The first-order valence-corrected chi connectivity index (χ1v) is 13.6. The van der Waals surface area contributed by atoms with Gasteiger partial charge in [0.1, 0.15) is 19.8 Å². The van der Waals surface area contributed by atoms with Crippen molar-refractivity contribution in [3.63, 3.8) is 0 Å². The lowest BCUT2D eigenvalue weighted by molar-refractivity contribution is -0.314. The fraction of sp³-hybridized carbons (Fsp3) is 0.778. The summed E-state index contributed by atoms with van der Waals surface area (Å²) in [5, 5.41) is 0. The second-order valence-corrected chi connectivity index (χ2v) is 12.6. The molecular formula is C18H27N2O11P2-3. The van der Waals surface area contributed by atoms with Gasteiger partial charge < -0.3 is 42.5 Å². The van der Waals surface area contributed by atoms with Gasteiger partial charge in [0.25, 0.3) is 5.56 Å². The van der Waals surface area contributed by atoms with E-state index in [2.05, 4.69) is 4.98 Å². The van der Waals surface area contributed by atoms with Gasteiger partial charge in [-0.3, -0.25) is 14.3 Å². The number of methoxy groups -OCH3 is 1. The zero-order valence-electron chi connectivity index (χ0n) is 18.6. The average molecular weight is 509 g/mol. The number of hydrogen-bond donors (Lipinski definition) is 1. The van der Waals surface area contributed by atoms with Crippen molar-refractivity contribution < 1.29 is 42.5 Å². The van der Waals surface area contributed by atoms with Crippen molar-refractivity contribution in [2.24, 2.45) is 5.92 Å². The van der Waals surface area contributed by atoms with Crippen molar-refractivity contribution in [1.82, 2.24) is 9.55 Å². The van der Waals surface area contributed by atoms with E-state index in [-0.39, 0.29) is 25.2 Å². The third-order valence-corrected chi connectivity index (χ3v) is 8.99. The number of nitrogens with zero attached hydrogens (tertiary/aromatic N) is 1. The summed E-state index contributed by atoms with van der Waals surface area (Å²) in [6.45, 7) is 4.39. The Morgan fingerprint density at radius 3 is 2.42 bits per heavy atom. The van der Waals surface area contributed by atoms with E-state index < -0.39 is 68.2 Å². The van der Waals surface area contributed by atoms with Crippen LogP contribution in [0.4, 0.5) is 0 Å². The summed E-state index contributed by atoms with van der Waals surface area (Å²) in [6, 6.07) is 0. The van der Waals surface area contributed by atoms with E-state index in [4.69, 9.17) is 18.7 Å². The van der Waals surface area contributed by atoms with Crippen LogP contribution in [0.2, 0.25) is 0 Å². The van der Waals surface area contributed by atoms with Crippen LogP contribution in [0.15, 0.2) is 15.8 Å². The fourth-order valence-electron chi connectivity index (χ4n) is 3.78. The lowest BCUT2D eigenvalue weighted by Crippen LogP contribution is -2.42. The summed E-state index contributed by atoms with van der Waals surface area (Å²) in [7, 11) is -7.98. The summed E-state index contributed by atoms with van der Waals surface area (Å²) in [4.78, 5) is 62.2. The normalized spacial score (nSPS) is 31.6. The van der Waals surface area contributed by atoms with E-state index in [1.165, 1.54) is 34.1 Å². The maximum Gasteiger partial charge on any atom is 0.330 e. The Labute approximate surface area is 189 Å². The van der Waals surface area contributed by atoms with Crippen LogP contribution in [0.1, 0.15) is 32.1 Å². The molecule has 2 heterocycles. The molecule has 188 valence electrons. The van der Waals surface area contributed by atoms with Gasteiger partial charge in [-0.25, -0.2) is 4.79 Å². The van der Waals surface area contributed by atoms with Gasteiger partial charge in [0.05, 0.1) is 19.3 Å². The molecule has 7 unspecified atom stereocenters. The van der Waals surface area contributed by atoms with Gasteiger partial charge >= 0.3 is 5.69 Å². The summed E-state index contributed by atoms with van der Waals surface area (Å²) < 4.78 is 47.4. The van der Waals surface area contributed by atoms with E-state index in [9.17, 15) is 33.4 Å². The Balaban J connectivity index is 2.04. The highest BCUT2D eigenvalue weighted by Gasteiger charge is 2.58. The molecule has 7 atom stereocenters. The highest BCUT2D eigenvalue weighted by molar-refractivity contribution is 7.52. The number of aromatic amines is 1. The van der Waals surface area contributed by atoms with Crippen LogP contribution in [0, 0.1) is 12.8 Å². The third kappa shape index (κ3) is 5.75. The van der Waals surface area contributed by atoms with Crippen LogP contribution < -0.4 is 25.9 Å². The van der Waals surface area contributed by atoms with Crippen LogP contribution >= 0.6 is 15.2 Å². The van der Waals surface area contributed by atoms with Gasteiger partial charge in [0.2, 0.25) is 0 Å². The molecule has 33 heavy (non-hydrogen) atoms. The first-order chi connectivity index (χ1) is 15.3. The molecule has 0 aromatic carbocycles. The molecule has 1 aromatic heterocycles. The second-order valence-electron chi connectivity index (χ2n) is 8.51. The van der Waals surface area contributed by atoms with Crippen molar-refractivity contribution >= 4 is 15.2 Å². The standard InChI is InChI=1S/C18H30N2O11P2/c1-9(2)33(26,27)31-14-13(11-7-12(11)32(23,24)25)30-17(15(14)29-6-5-28-4)20-8-10(3)16(21)19-18(20)22/h8-9,11-15,17H,5-7H2,1-4H3,(H,26,27)(H,19,21,22)(H2,23,24,25)/p-3. The van der Waals surface area contributed by atoms with Gasteiger partial charge in [-0.05, 0) is 24.9 Å². The Morgan fingerprint density at radius 2 is 1.88 bits per heavy atom. The smallest absolute Gasteiger partial charge is 0.330 e. The Bertz CT molecular complexity index is 1060. The van der Waals surface area contributed by atoms with Gasteiger partial charge in [-0.2, -0.15) is 0 Å². The molecule has 13 nitrogen and oxygen atoms in total. The van der Waals surface area contributed by atoms with Gasteiger partial charge in [-0.15, -0.1) is 0 Å². The van der Waals surface area contributed by atoms with Crippen LogP contribution in [0.3, 0.4) is 0 Å². The molecule has 1 aromatic rings.